The average molecular weight is 463 g/mol. The highest BCUT2D eigenvalue weighted by atomic mass is 16.2. The Labute approximate surface area is 201 Å². The summed E-state index contributed by atoms with van der Waals surface area (Å²) >= 11 is 0. The van der Waals surface area contributed by atoms with Crippen molar-refractivity contribution in [3.63, 3.8) is 0 Å². The number of rotatable bonds is 5. The molecule has 3 aliphatic rings. The topological polar surface area (TPSA) is 94.8 Å². The molecule has 1 aromatic carbocycles. The largest absolute Gasteiger partial charge is 0.384 e. The predicted molar refractivity (Wildman–Crippen MR) is 134 cm³/mol. The van der Waals surface area contributed by atoms with Crippen molar-refractivity contribution >= 4 is 29.0 Å². The van der Waals surface area contributed by atoms with Crippen LogP contribution in [0, 0.1) is 5.92 Å². The number of hydrogen-bond donors (Lipinski definition) is 2. The van der Waals surface area contributed by atoms with Gasteiger partial charge >= 0.3 is 0 Å². The smallest absolute Gasteiger partial charge is 0.234 e. The molecule has 4 heterocycles. The number of nitrogens with one attached hydrogen (secondary N) is 1. The Bertz CT molecular complexity index is 993. The third-order valence-corrected chi connectivity index (χ3v) is 7.54. The molecule has 34 heavy (non-hydrogen) atoms. The van der Waals surface area contributed by atoms with Crippen LogP contribution in [0.2, 0.25) is 0 Å². The highest BCUT2D eigenvalue weighted by Crippen LogP contribution is 2.29. The number of pyridine rings is 1. The van der Waals surface area contributed by atoms with E-state index in [9.17, 15) is 9.59 Å². The molecule has 180 valence electrons. The van der Waals surface area contributed by atoms with Gasteiger partial charge in [-0.2, -0.15) is 0 Å². The Balaban J connectivity index is 1.07. The van der Waals surface area contributed by atoms with Crippen molar-refractivity contribution in [3.8, 4) is 0 Å². The second kappa shape index (κ2) is 10.0. The summed E-state index contributed by atoms with van der Waals surface area (Å²) in [4.78, 5) is 35.2. The van der Waals surface area contributed by atoms with Gasteiger partial charge in [0.25, 0.3) is 0 Å². The van der Waals surface area contributed by atoms with Crippen LogP contribution in [0.4, 0.5) is 17.2 Å². The van der Waals surface area contributed by atoms with E-state index in [0.717, 1.165) is 56.4 Å². The zero-order valence-electron chi connectivity index (χ0n) is 19.7. The second-order valence-corrected chi connectivity index (χ2v) is 9.75. The van der Waals surface area contributed by atoms with Gasteiger partial charge in [0.05, 0.1) is 17.8 Å². The number of piperidine rings is 2. The summed E-state index contributed by atoms with van der Waals surface area (Å²) in [5.41, 5.74) is 9.09. The zero-order valence-corrected chi connectivity index (χ0v) is 19.7. The van der Waals surface area contributed by atoms with E-state index in [0.29, 0.717) is 18.7 Å². The van der Waals surface area contributed by atoms with Crippen molar-refractivity contribution in [2.24, 2.45) is 5.92 Å². The van der Waals surface area contributed by atoms with Gasteiger partial charge in [0.2, 0.25) is 11.8 Å². The summed E-state index contributed by atoms with van der Waals surface area (Å²) in [7, 11) is 0. The molecule has 0 spiro atoms. The quantitative estimate of drug-likeness (QED) is 0.658. The Kier molecular flexibility index (Phi) is 6.67. The summed E-state index contributed by atoms with van der Waals surface area (Å²) in [6.07, 6.45) is 5.30. The summed E-state index contributed by atoms with van der Waals surface area (Å²) in [6, 6.07) is 12.3. The zero-order chi connectivity index (χ0) is 23.5. The normalized spacial score (nSPS) is 22.6. The number of anilines is 3. The van der Waals surface area contributed by atoms with Crippen LogP contribution in [0.1, 0.15) is 37.2 Å². The van der Waals surface area contributed by atoms with Crippen LogP contribution in [0.15, 0.2) is 42.6 Å². The van der Waals surface area contributed by atoms with Crippen molar-refractivity contribution < 1.29 is 9.59 Å². The van der Waals surface area contributed by atoms with Crippen LogP contribution in [-0.4, -0.2) is 67.5 Å². The van der Waals surface area contributed by atoms with E-state index in [1.54, 1.807) is 0 Å². The molecule has 2 aromatic rings. The van der Waals surface area contributed by atoms with Gasteiger partial charge < -0.3 is 15.5 Å². The number of nitrogens with two attached hydrogens (primary N) is 1. The number of carbonyl (C=O) groups is 2. The van der Waals surface area contributed by atoms with E-state index in [-0.39, 0.29) is 17.7 Å². The lowest BCUT2D eigenvalue weighted by molar-refractivity contribution is -0.134. The van der Waals surface area contributed by atoms with Gasteiger partial charge in [0.15, 0.2) is 0 Å². The van der Waals surface area contributed by atoms with Crippen molar-refractivity contribution in [2.45, 2.75) is 31.6 Å². The summed E-state index contributed by atoms with van der Waals surface area (Å²) < 4.78 is 0. The molecule has 0 aliphatic carbocycles. The number of amides is 2. The molecule has 2 amide bonds. The van der Waals surface area contributed by atoms with E-state index in [4.69, 9.17) is 5.73 Å². The number of carbonyl (C=O) groups excluding carboxylic acids is 2. The Hall–Kier alpha value is -3.13. The number of hydrogen-bond acceptors (Lipinski definition) is 7. The Morgan fingerprint density at radius 2 is 1.53 bits per heavy atom. The fourth-order valence-electron chi connectivity index (χ4n) is 5.44. The first kappa shape index (κ1) is 22.7. The van der Waals surface area contributed by atoms with Crippen molar-refractivity contribution in [1.82, 2.24) is 15.2 Å². The second-order valence-electron chi connectivity index (χ2n) is 9.75. The molecule has 1 atom stereocenters. The van der Waals surface area contributed by atoms with Crippen molar-refractivity contribution in [1.29, 1.82) is 0 Å². The van der Waals surface area contributed by atoms with Gasteiger partial charge in [0.1, 0.15) is 5.82 Å². The van der Waals surface area contributed by atoms with Gasteiger partial charge in [0, 0.05) is 57.9 Å². The predicted octanol–water partition coefficient (Wildman–Crippen LogP) is 2.22. The Morgan fingerprint density at radius 1 is 0.853 bits per heavy atom. The van der Waals surface area contributed by atoms with Crippen LogP contribution in [0.3, 0.4) is 0 Å². The molecular formula is C26H34N6O2. The molecule has 8 heteroatoms. The molecule has 0 saturated carbocycles. The standard InChI is InChI=1S/C26H34N6O2/c27-24-7-5-22(17-28-24)32-15-13-30(14-16-32)18-19-9-11-31(12-10-19)21-3-1-20(2-4-21)23-6-8-25(33)29-26(23)34/h1-5,7,17,19,23H,6,8-16,18H2,(H2,27,28)(H,29,33,34). The van der Waals surface area contributed by atoms with Crippen LogP contribution in [-0.2, 0) is 9.59 Å². The van der Waals surface area contributed by atoms with Gasteiger partial charge in [-0.05, 0) is 55.0 Å². The highest BCUT2D eigenvalue weighted by Gasteiger charge is 2.28. The SMILES string of the molecule is Nc1ccc(N2CCN(CC3CCN(c4ccc(C5CCC(=O)NC5=O)cc4)CC3)CC2)cn1. The van der Waals surface area contributed by atoms with Gasteiger partial charge in [-0.25, -0.2) is 4.98 Å². The molecule has 0 bridgehead atoms. The summed E-state index contributed by atoms with van der Waals surface area (Å²) in [5.74, 6) is 0.759. The van der Waals surface area contributed by atoms with E-state index >= 15 is 0 Å². The maximum absolute atomic E-state index is 12.1. The minimum Gasteiger partial charge on any atom is -0.384 e. The molecule has 3 aliphatic heterocycles. The van der Waals surface area contributed by atoms with E-state index in [1.807, 2.05) is 12.3 Å². The third kappa shape index (κ3) is 5.17. The average Bonchev–Trinajstić information content (AvgIpc) is 2.86. The van der Waals surface area contributed by atoms with E-state index in [1.165, 1.54) is 25.1 Å². The lowest BCUT2D eigenvalue weighted by Gasteiger charge is -2.40. The molecule has 1 aromatic heterocycles. The van der Waals surface area contributed by atoms with Crippen LogP contribution in [0.25, 0.3) is 0 Å². The number of nitrogens with zero attached hydrogens (tertiary/aromatic N) is 4. The highest BCUT2D eigenvalue weighted by molar-refractivity contribution is 6.00. The molecule has 0 radical (unpaired) electrons. The monoisotopic (exact) mass is 462 g/mol. The summed E-state index contributed by atoms with van der Waals surface area (Å²) in [5, 5.41) is 2.45. The molecule has 5 rings (SSSR count). The number of benzene rings is 1. The molecule has 1 unspecified atom stereocenters. The number of imide groups is 1. The number of piperazine rings is 1. The van der Waals surface area contributed by atoms with Gasteiger partial charge in [-0.3, -0.25) is 19.8 Å². The molecule has 3 N–H and O–H groups in total. The lowest BCUT2D eigenvalue weighted by atomic mass is 9.90. The minimum atomic E-state index is -0.214. The maximum Gasteiger partial charge on any atom is 0.234 e. The summed E-state index contributed by atoms with van der Waals surface area (Å²) in [6.45, 7) is 7.56. The first-order valence-electron chi connectivity index (χ1n) is 12.4. The molecule has 3 saturated heterocycles. The van der Waals surface area contributed by atoms with E-state index < -0.39 is 0 Å². The van der Waals surface area contributed by atoms with Gasteiger partial charge in [-0.1, -0.05) is 12.1 Å². The minimum absolute atomic E-state index is 0.165. The van der Waals surface area contributed by atoms with Crippen LogP contribution < -0.4 is 20.9 Å². The van der Waals surface area contributed by atoms with Crippen molar-refractivity contribution in [2.75, 3.05) is 61.3 Å². The molecule has 3 fully saturated rings. The van der Waals surface area contributed by atoms with Crippen LogP contribution in [0.5, 0.6) is 0 Å². The first-order chi connectivity index (χ1) is 16.5. The first-order valence-corrected chi connectivity index (χ1v) is 12.4. The van der Waals surface area contributed by atoms with Gasteiger partial charge in [-0.15, -0.1) is 0 Å². The Morgan fingerprint density at radius 3 is 2.18 bits per heavy atom. The van der Waals surface area contributed by atoms with Crippen molar-refractivity contribution in [3.05, 3.63) is 48.2 Å². The number of aromatic nitrogens is 1. The maximum atomic E-state index is 12.1. The molecule has 8 nitrogen and oxygen atoms in total. The number of nitrogen functional groups attached to an aromatic ring is 1. The van der Waals surface area contributed by atoms with E-state index in [2.05, 4.69) is 55.3 Å². The fraction of sp³-hybridized carbons (Fsp3) is 0.500. The third-order valence-electron chi connectivity index (χ3n) is 7.54. The lowest BCUT2D eigenvalue weighted by Crippen LogP contribution is -2.49. The molecular weight excluding hydrogens is 428 g/mol. The van der Waals surface area contributed by atoms with Crippen LogP contribution >= 0.6 is 0 Å². The fourth-order valence-corrected chi connectivity index (χ4v) is 5.44.